The number of nitrogens with zero attached hydrogens (tertiary/aromatic N) is 1. The van der Waals surface area contributed by atoms with Gasteiger partial charge in [-0.3, -0.25) is 4.79 Å². The van der Waals surface area contributed by atoms with Crippen molar-refractivity contribution in [1.29, 1.82) is 0 Å². The summed E-state index contributed by atoms with van der Waals surface area (Å²) in [6.07, 6.45) is 0. The van der Waals surface area contributed by atoms with Crippen molar-refractivity contribution >= 4 is 31.9 Å². The van der Waals surface area contributed by atoms with Crippen LogP contribution in [0.2, 0.25) is 0 Å². The lowest BCUT2D eigenvalue weighted by molar-refractivity contribution is -0.137. The molecule has 0 spiro atoms. The van der Waals surface area contributed by atoms with Crippen LogP contribution in [0.25, 0.3) is 0 Å². The maximum atomic E-state index is 12.4. The predicted molar refractivity (Wildman–Crippen MR) is 72.4 cm³/mol. The highest BCUT2D eigenvalue weighted by Gasteiger charge is 2.27. The zero-order valence-electron chi connectivity index (χ0n) is 10.2. The molecule has 8 heteroatoms. The van der Waals surface area contributed by atoms with Crippen LogP contribution >= 0.6 is 15.9 Å². The van der Waals surface area contributed by atoms with Crippen LogP contribution < -0.4 is 0 Å². The number of aliphatic carboxylic acids is 1. The topological polar surface area (TPSA) is 83.9 Å². The molecule has 1 aromatic rings. The van der Waals surface area contributed by atoms with Gasteiger partial charge in [-0.2, -0.15) is 4.31 Å². The van der Waals surface area contributed by atoms with E-state index in [0.717, 1.165) is 4.31 Å². The van der Waals surface area contributed by atoms with E-state index in [1.165, 1.54) is 13.2 Å². The number of carbonyl (C=O) groups is 1. The van der Waals surface area contributed by atoms with Crippen LogP contribution in [0, 0.1) is 0 Å². The molecule has 1 N–H and O–H groups in total. The maximum absolute atomic E-state index is 12.4. The average Bonchev–Trinajstić information content (AvgIpc) is 2.34. The van der Waals surface area contributed by atoms with Gasteiger partial charge in [-0.25, -0.2) is 8.42 Å². The second-order valence-corrected chi connectivity index (χ2v) is 6.42. The van der Waals surface area contributed by atoms with Gasteiger partial charge in [0.2, 0.25) is 10.0 Å². The molecule has 0 aliphatic carbocycles. The van der Waals surface area contributed by atoms with Gasteiger partial charge in [0.05, 0.1) is 11.5 Å². The van der Waals surface area contributed by atoms with Crippen LogP contribution in [0.1, 0.15) is 0 Å². The normalized spacial score (nSPS) is 11.7. The Morgan fingerprint density at radius 1 is 1.42 bits per heavy atom. The minimum Gasteiger partial charge on any atom is -0.480 e. The summed E-state index contributed by atoms with van der Waals surface area (Å²) in [5, 5.41) is 8.80. The molecule has 106 valence electrons. The van der Waals surface area contributed by atoms with E-state index in [0.29, 0.717) is 4.47 Å². The fraction of sp³-hybridized carbons (Fsp3) is 0.364. The Bertz CT molecular complexity index is 546. The van der Waals surface area contributed by atoms with Gasteiger partial charge in [0.25, 0.3) is 0 Å². The number of carboxylic acid groups (broad SMARTS) is 1. The molecule has 0 saturated heterocycles. The highest BCUT2D eigenvalue weighted by Crippen LogP contribution is 2.24. The summed E-state index contributed by atoms with van der Waals surface area (Å²) in [4.78, 5) is 10.8. The molecule has 0 aromatic heterocycles. The molecular formula is C11H14BrNO5S. The van der Waals surface area contributed by atoms with Gasteiger partial charge >= 0.3 is 5.97 Å². The van der Waals surface area contributed by atoms with Crippen molar-refractivity contribution in [2.24, 2.45) is 0 Å². The number of hydrogen-bond acceptors (Lipinski definition) is 4. The summed E-state index contributed by atoms with van der Waals surface area (Å²) in [5.41, 5.74) is 0. The van der Waals surface area contributed by atoms with Crippen LogP contribution in [0.3, 0.4) is 0 Å². The zero-order valence-corrected chi connectivity index (χ0v) is 12.6. The van der Waals surface area contributed by atoms with Crippen molar-refractivity contribution in [3.8, 4) is 0 Å². The number of hydrogen-bond donors (Lipinski definition) is 1. The van der Waals surface area contributed by atoms with E-state index >= 15 is 0 Å². The van der Waals surface area contributed by atoms with E-state index in [-0.39, 0.29) is 18.0 Å². The molecule has 0 radical (unpaired) electrons. The van der Waals surface area contributed by atoms with Crippen LogP contribution in [0.15, 0.2) is 33.6 Å². The zero-order chi connectivity index (χ0) is 14.5. The number of sulfonamides is 1. The molecule has 0 aliphatic heterocycles. The van der Waals surface area contributed by atoms with Crippen LogP contribution in [0.4, 0.5) is 0 Å². The molecule has 1 aromatic carbocycles. The van der Waals surface area contributed by atoms with Crippen molar-refractivity contribution in [3.63, 3.8) is 0 Å². The molecule has 1 rings (SSSR count). The summed E-state index contributed by atoms with van der Waals surface area (Å²) < 4.78 is 30.8. The molecule has 19 heavy (non-hydrogen) atoms. The first-order valence-corrected chi connectivity index (χ1v) is 7.58. The fourth-order valence-corrected chi connectivity index (χ4v) is 3.76. The molecule has 0 aliphatic rings. The quantitative estimate of drug-likeness (QED) is 0.797. The standard InChI is InChI=1S/C11H14BrNO5S/c1-18-7-6-13(8-11(14)15)19(16,17)10-5-3-2-4-9(10)12/h2-5H,6-8H2,1H3,(H,14,15). The van der Waals surface area contributed by atoms with Crippen LogP contribution in [0.5, 0.6) is 0 Å². The fourth-order valence-electron chi connectivity index (χ4n) is 1.42. The van der Waals surface area contributed by atoms with Crippen molar-refractivity contribution in [2.45, 2.75) is 4.90 Å². The summed E-state index contributed by atoms with van der Waals surface area (Å²) in [7, 11) is -2.45. The van der Waals surface area contributed by atoms with E-state index < -0.39 is 22.5 Å². The van der Waals surface area contributed by atoms with Crippen LogP contribution in [-0.2, 0) is 19.6 Å². The summed E-state index contributed by atoms with van der Waals surface area (Å²) >= 11 is 3.15. The second kappa shape index (κ2) is 6.99. The molecule has 0 amide bonds. The van der Waals surface area contributed by atoms with Gasteiger partial charge in [0.1, 0.15) is 6.54 Å². The van der Waals surface area contributed by atoms with E-state index in [1.54, 1.807) is 18.2 Å². The highest BCUT2D eigenvalue weighted by molar-refractivity contribution is 9.10. The van der Waals surface area contributed by atoms with Crippen molar-refractivity contribution in [3.05, 3.63) is 28.7 Å². The minimum atomic E-state index is -3.87. The Kier molecular flexibility index (Phi) is 5.92. The van der Waals surface area contributed by atoms with Gasteiger partial charge in [-0.15, -0.1) is 0 Å². The van der Waals surface area contributed by atoms with Crippen molar-refractivity contribution in [2.75, 3.05) is 26.8 Å². The lowest BCUT2D eigenvalue weighted by Gasteiger charge is -2.20. The van der Waals surface area contributed by atoms with E-state index in [2.05, 4.69) is 15.9 Å². The van der Waals surface area contributed by atoms with Gasteiger partial charge in [0, 0.05) is 18.1 Å². The molecule has 0 atom stereocenters. The Balaban J connectivity index is 3.12. The average molecular weight is 352 g/mol. The molecular weight excluding hydrogens is 338 g/mol. The number of ether oxygens (including phenoxy) is 1. The number of halogens is 1. The Morgan fingerprint density at radius 3 is 2.58 bits per heavy atom. The largest absolute Gasteiger partial charge is 0.480 e. The first-order valence-electron chi connectivity index (χ1n) is 5.35. The van der Waals surface area contributed by atoms with Crippen molar-refractivity contribution in [1.82, 2.24) is 4.31 Å². The minimum absolute atomic E-state index is 0.0214. The summed E-state index contributed by atoms with van der Waals surface area (Å²) in [6.45, 7) is -0.504. The maximum Gasteiger partial charge on any atom is 0.318 e. The molecule has 0 saturated carbocycles. The van der Waals surface area contributed by atoms with Gasteiger partial charge < -0.3 is 9.84 Å². The van der Waals surface area contributed by atoms with Gasteiger partial charge in [-0.1, -0.05) is 12.1 Å². The SMILES string of the molecule is COCCN(CC(=O)O)S(=O)(=O)c1ccccc1Br. The molecule has 0 bridgehead atoms. The van der Waals surface area contributed by atoms with Gasteiger partial charge in [0.15, 0.2) is 0 Å². The lowest BCUT2D eigenvalue weighted by atomic mass is 10.4. The lowest BCUT2D eigenvalue weighted by Crippen LogP contribution is -2.38. The molecule has 6 nitrogen and oxygen atoms in total. The Morgan fingerprint density at radius 2 is 2.05 bits per heavy atom. The first kappa shape index (κ1) is 16.1. The monoisotopic (exact) mass is 351 g/mol. The molecule has 0 unspecified atom stereocenters. The number of carboxylic acids is 1. The first-order chi connectivity index (χ1) is 8.89. The number of benzene rings is 1. The van der Waals surface area contributed by atoms with Crippen molar-refractivity contribution < 1.29 is 23.1 Å². The van der Waals surface area contributed by atoms with E-state index in [9.17, 15) is 13.2 Å². The summed E-state index contributed by atoms with van der Waals surface area (Å²) in [5.74, 6) is -1.22. The Labute approximate surface area is 120 Å². The summed E-state index contributed by atoms with van der Waals surface area (Å²) in [6, 6.07) is 6.26. The smallest absolute Gasteiger partial charge is 0.318 e. The third-order valence-corrected chi connectivity index (χ3v) is 5.17. The third kappa shape index (κ3) is 4.27. The molecule has 0 fully saturated rings. The van der Waals surface area contributed by atoms with E-state index in [1.807, 2.05) is 0 Å². The second-order valence-electron chi connectivity index (χ2n) is 3.66. The predicted octanol–water partition coefficient (Wildman–Crippen LogP) is 1.17. The number of methoxy groups -OCH3 is 1. The van der Waals surface area contributed by atoms with Crippen LogP contribution in [-0.4, -0.2) is 50.6 Å². The van der Waals surface area contributed by atoms with E-state index in [4.69, 9.17) is 9.84 Å². The molecule has 0 heterocycles. The highest BCUT2D eigenvalue weighted by atomic mass is 79.9. The van der Waals surface area contributed by atoms with Gasteiger partial charge in [-0.05, 0) is 28.1 Å². The third-order valence-electron chi connectivity index (χ3n) is 2.31. The number of rotatable bonds is 7. The Hall–Kier alpha value is -0.960.